The molecule has 94 valence electrons. The van der Waals surface area contributed by atoms with Gasteiger partial charge in [0.05, 0.1) is 11.3 Å². The standard InChI is InChI=1S/C15H19N3/c1-11-8-13(10-18(11)14-6-7-14)17-15-5-3-2-4-12(15)9-16/h2-5,11,13-14,17H,6-8,10H2,1H3. The Kier molecular flexibility index (Phi) is 2.97. The summed E-state index contributed by atoms with van der Waals surface area (Å²) in [5, 5.41) is 12.6. The molecule has 1 aromatic rings. The molecule has 0 spiro atoms. The maximum absolute atomic E-state index is 9.09. The minimum Gasteiger partial charge on any atom is -0.380 e. The average molecular weight is 241 g/mol. The summed E-state index contributed by atoms with van der Waals surface area (Å²) in [7, 11) is 0. The van der Waals surface area contributed by atoms with Crippen LogP contribution in [-0.4, -0.2) is 29.6 Å². The first-order valence-electron chi connectivity index (χ1n) is 6.79. The van der Waals surface area contributed by atoms with Crippen molar-refractivity contribution in [3.8, 4) is 6.07 Å². The van der Waals surface area contributed by atoms with Crippen molar-refractivity contribution in [2.75, 3.05) is 11.9 Å². The number of likely N-dealkylation sites (tertiary alicyclic amines) is 1. The zero-order valence-electron chi connectivity index (χ0n) is 10.8. The average Bonchev–Trinajstić information content (AvgIpc) is 3.15. The first-order valence-corrected chi connectivity index (χ1v) is 6.79. The number of hydrogen-bond acceptors (Lipinski definition) is 3. The van der Waals surface area contributed by atoms with E-state index in [1.807, 2.05) is 24.3 Å². The Balaban J connectivity index is 1.68. The summed E-state index contributed by atoms with van der Waals surface area (Å²) in [6.07, 6.45) is 3.91. The lowest BCUT2D eigenvalue weighted by atomic mass is 10.1. The maximum atomic E-state index is 9.09. The fraction of sp³-hybridized carbons (Fsp3) is 0.533. The van der Waals surface area contributed by atoms with Crippen molar-refractivity contribution in [1.82, 2.24) is 4.90 Å². The van der Waals surface area contributed by atoms with Crippen LogP contribution in [0.2, 0.25) is 0 Å². The van der Waals surface area contributed by atoms with Crippen molar-refractivity contribution >= 4 is 5.69 Å². The Hall–Kier alpha value is -1.53. The van der Waals surface area contributed by atoms with Gasteiger partial charge in [-0.25, -0.2) is 0 Å². The molecule has 3 nitrogen and oxygen atoms in total. The molecule has 2 atom stereocenters. The molecule has 1 N–H and O–H groups in total. The van der Waals surface area contributed by atoms with Crippen molar-refractivity contribution in [3.05, 3.63) is 29.8 Å². The van der Waals surface area contributed by atoms with E-state index in [1.165, 1.54) is 19.3 Å². The van der Waals surface area contributed by atoms with E-state index in [0.717, 1.165) is 23.8 Å². The molecule has 0 aromatic heterocycles. The van der Waals surface area contributed by atoms with Gasteiger partial charge < -0.3 is 5.32 Å². The molecule has 18 heavy (non-hydrogen) atoms. The monoisotopic (exact) mass is 241 g/mol. The number of anilines is 1. The summed E-state index contributed by atoms with van der Waals surface area (Å²) in [5.41, 5.74) is 1.73. The van der Waals surface area contributed by atoms with Crippen LogP contribution in [0.1, 0.15) is 31.7 Å². The van der Waals surface area contributed by atoms with Gasteiger partial charge >= 0.3 is 0 Å². The number of benzene rings is 1. The highest BCUT2D eigenvalue weighted by atomic mass is 15.3. The molecule has 1 aromatic carbocycles. The third-order valence-electron chi connectivity index (χ3n) is 4.05. The minimum atomic E-state index is 0.482. The Morgan fingerprint density at radius 1 is 1.33 bits per heavy atom. The van der Waals surface area contributed by atoms with Crippen molar-refractivity contribution in [2.24, 2.45) is 0 Å². The van der Waals surface area contributed by atoms with Crippen LogP contribution in [0.15, 0.2) is 24.3 Å². The smallest absolute Gasteiger partial charge is 0.101 e. The summed E-state index contributed by atoms with van der Waals surface area (Å²) in [5.74, 6) is 0. The number of hydrogen-bond donors (Lipinski definition) is 1. The van der Waals surface area contributed by atoms with Crippen LogP contribution in [0, 0.1) is 11.3 Å². The van der Waals surface area contributed by atoms with Gasteiger partial charge in [-0.1, -0.05) is 12.1 Å². The molecule has 1 heterocycles. The van der Waals surface area contributed by atoms with Gasteiger partial charge in [0.15, 0.2) is 0 Å². The van der Waals surface area contributed by atoms with Gasteiger partial charge in [0, 0.05) is 24.7 Å². The van der Waals surface area contributed by atoms with Gasteiger partial charge in [-0.2, -0.15) is 5.26 Å². The fourth-order valence-corrected chi connectivity index (χ4v) is 3.00. The van der Waals surface area contributed by atoms with E-state index < -0.39 is 0 Å². The summed E-state index contributed by atoms with van der Waals surface area (Å²) >= 11 is 0. The summed E-state index contributed by atoms with van der Waals surface area (Å²) < 4.78 is 0. The van der Waals surface area contributed by atoms with E-state index >= 15 is 0 Å². The van der Waals surface area contributed by atoms with Crippen molar-refractivity contribution < 1.29 is 0 Å². The SMILES string of the molecule is CC1CC(Nc2ccccc2C#N)CN1C1CC1. The van der Waals surface area contributed by atoms with Gasteiger partial charge in [0.1, 0.15) is 6.07 Å². The summed E-state index contributed by atoms with van der Waals surface area (Å²) in [6.45, 7) is 3.43. The molecule has 1 aliphatic carbocycles. The van der Waals surface area contributed by atoms with Crippen LogP contribution in [0.25, 0.3) is 0 Å². The molecule has 0 radical (unpaired) electrons. The molecule has 2 aliphatic rings. The Bertz CT molecular complexity index is 473. The van der Waals surface area contributed by atoms with Crippen LogP contribution >= 0.6 is 0 Å². The molecule has 2 unspecified atom stereocenters. The van der Waals surface area contributed by atoms with Gasteiger partial charge in [-0.15, -0.1) is 0 Å². The van der Waals surface area contributed by atoms with E-state index in [-0.39, 0.29) is 0 Å². The molecule has 1 saturated heterocycles. The molecule has 3 rings (SSSR count). The highest BCUT2D eigenvalue weighted by molar-refractivity contribution is 5.57. The first-order chi connectivity index (χ1) is 8.78. The predicted molar refractivity (Wildman–Crippen MR) is 72.4 cm³/mol. The third-order valence-corrected chi connectivity index (χ3v) is 4.05. The summed E-state index contributed by atoms with van der Waals surface area (Å²) in [4.78, 5) is 2.62. The van der Waals surface area contributed by atoms with Gasteiger partial charge in [0.2, 0.25) is 0 Å². The van der Waals surface area contributed by atoms with E-state index in [9.17, 15) is 0 Å². The zero-order valence-corrected chi connectivity index (χ0v) is 10.8. The second-order valence-corrected chi connectivity index (χ2v) is 5.51. The maximum Gasteiger partial charge on any atom is 0.101 e. The molecule has 1 aliphatic heterocycles. The van der Waals surface area contributed by atoms with Crippen LogP contribution in [-0.2, 0) is 0 Å². The van der Waals surface area contributed by atoms with E-state index in [4.69, 9.17) is 5.26 Å². The molecule has 1 saturated carbocycles. The zero-order chi connectivity index (χ0) is 12.5. The molecular formula is C15H19N3. The van der Waals surface area contributed by atoms with Crippen LogP contribution in [0.5, 0.6) is 0 Å². The van der Waals surface area contributed by atoms with Crippen LogP contribution in [0.4, 0.5) is 5.69 Å². The number of rotatable bonds is 3. The Labute approximate surface area is 108 Å². The van der Waals surface area contributed by atoms with Gasteiger partial charge in [-0.05, 0) is 38.3 Å². The van der Waals surface area contributed by atoms with Crippen LogP contribution in [0.3, 0.4) is 0 Å². The second-order valence-electron chi connectivity index (χ2n) is 5.51. The van der Waals surface area contributed by atoms with E-state index in [1.54, 1.807) is 0 Å². The number of nitrogens with one attached hydrogen (secondary N) is 1. The Morgan fingerprint density at radius 2 is 2.11 bits per heavy atom. The van der Waals surface area contributed by atoms with E-state index in [2.05, 4.69) is 23.2 Å². The van der Waals surface area contributed by atoms with E-state index in [0.29, 0.717) is 12.1 Å². The molecule has 2 fully saturated rings. The topological polar surface area (TPSA) is 39.1 Å². The van der Waals surface area contributed by atoms with Crippen LogP contribution < -0.4 is 5.32 Å². The highest BCUT2D eigenvalue weighted by Gasteiger charge is 2.38. The van der Waals surface area contributed by atoms with Gasteiger partial charge in [0.25, 0.3) is 0 Å². The summed E-state index contributed by atoms with van der Waals surface area (Å²) in [6, 6.07) is 12.0. The Morgan fingerprint density at radius 3 is 2.83 bits per heavy atom. The molecule has 0 amide bonds. The fourth-order valence-electron chi connectivity index (χ4n) is 3.00. The molecule has 0 bridgehead atoms. The molecular weight excluding hydrogens is 222 g/mol. The largest absolute Gasteiger partial charge is 0.380 e. The lowest BCUT2D eigenvalue weighted by molar-refractivity contribution is 0.257. The normalized spacial score (nSPS) is 28.0. The third kappa shape index (κ3) is 2.21. The van der Waals surface area contributed by atoms with Gasteiger partial charge in [-0.3, -0.25) is 4.90 Å². The predicted octanol–water partition coefficient (Wildman–Crippen LogP) is 2.60. The number of nitriles is 1. The highest BCUT2D eigenvalue weighted by Crippen LogP contribution is 2.34. The van der Waals surface area contributed by atoms with Crippen molar-refractivity contribution in [3.63, 3.8) is 0 Å². The quantitative estimate of drug-likeness (QED) is 0.884. The first kappa shape index (κ1) is 11.6. The van der Waals surface area contributed by atoms with Crippen molar-refractivity contribution in [1.29, 1.82) is 5.26 Å². The number of para-hydroxylation sites is 1. The molecule has 3 heteroatoms. The lowest BCUT2D eigenvalue weighted by Crippen LogP contribution is -2.31. The minimum absolute atomic E-state index is 0.482. The second kappa shape index (κ2) is 4.62. The van der Waals surface area contributed by atoms with Crippen molar-refractivity contribution in [2.45, 2.75) is 44.3 Å². The lowest BCUT2D eigenvalue weighted by Gasteiger charge is -2.20. The number of nitrogens with zero attached hydrogens (tertiary/aromatic N) is 2.